The molecule has 184 valence electrons. The van der Waals surface area contributed by atoms with Crippen LogP contribution in [-0.4, -0.2) is 25.2 Å². The van der Waals surface area contributed by atoms with Gasteiger partial charge < -0.3 is 22.1 Å². The van der Waals surface area contributed by atoms with E-state index in [0.717, 1.165) is 18.8 Å². The predicted molar refractivity (Wildman–Crippen MR) is 146 cm³/mol. The van der Waals surface area contributed by atoms with E-state index in [2.05, 4.69) is 96.6 Å². The third-order valence-corrected chi connectivity index (χ3v) is 5.79. The number of benzene rings is 1. The first-order valence-corrected chi connectivity index (χ1v) is 11.8. The molecule has 6 N–H and O–H groups in total. The molecule has 0 bridgehead atoms. The lowest BCUT2D eigenvalue weighted by atomic mass is 9.69. The quantitative estimate of drug-likeness (QED) is 0.204. The van der Waals surface area contributed by atoms with Crippen LogP contribution in [-0.2, 0) is 11.8 Å². The Balaban J connectivity index is 0.00000105. The van der Waals surface area contributed by atoms with E-state index in [9.17, 15) is 0 Å². The number of anilines is 1. The van der Waals surface area contributed by atoms with E-state index in [1.165, 1.54) is 55.0 Å². The zero-order valence-electron chi connectivity index (χ0n) is 21.1. The van der Waals surface area contributed by atoms with E-state index in [1.54, 1.807) is 7.05 Å². The maximum Gasteiger partial charge on any atom is 0.173 e. The molecule has 6 heteroatoms. The zero-order valence-corrected chi connectivity index (χ0v) is 21.1. The molecule has 2 aromatic rings. The lowest BCUT2D eigenvalue weighted by molar-refractivity contribution is 0.308. The third kappa shape index (κ3) is 10.1. The predicted octanol–water partition coefficient (Wildman–Crippen LogP) is 4.79. The smallest absolute Gasteiger partial charge is 0.173 e. The molecule has 0 radical (unpaired) electrons. The molecule has 0 atom stereocenters. The van der Waals surface area contributed by atoms with Crippen LogP contribution in [0.1, 0.15) is 62.6 Å². The van der Waals surface area contributed by atoms with Gasteiger partial charge in [0.15, 0.2) is 6.19 Å². The maximum atomic E-state index is 7.10. The van der Waals surface area contributed by atoms with E-state index in [4.69, 9.17) is 11.0 Å². The molecule has 0 aliphatic heterocycles. The van der Waals surface area contributed by atoms with Gasteiger partial charge in [-0.25, -0.2) is 4.98 Å². The summed E-state index contributed by atoms with van der Waals surface area (Å²) < 4.78 is 0. The number of nitriles is 1. The van der Waals surface area contributed by atoms with Gasteiger partial charge in [-0.1, -0.05) is 68.7 Å². The second kappa shape index (κ2) is 19.2. The minimum absolute atomic E-state index is 0.233. The number of terminal acetylenes is 1. The number of nitrogens with two attached hydrogens (primary N) is 2. The third-order valence-electron chi connectivity index (χ3n) is 5.79. The molecular formula is C28H42N6. The molecular weight excluding hydrogens is 420 g/mol. The second-order valence-electron chi connectivity index (χ2n) is 7.83. The average Bonchev–Trinajstić information content (AvgIpc) is 2.91. The average molecular weight is 463 g/mol. The number of pyridine rings is 1. The molecule has 6 nitrogen and oxygen atoms in total. The summed E-state index contributed by atoms with van der Waals surface area (Å²) in [6.07, 6.45) is 23.0. The van der Waals surface area contributed by atoms with Crippen LogP contribution in [0, 0.1) is 24.3 Å². The van der Waals surface area contributed by atoms with Crippen molar-refractivity contribution in [3.05, 3.63) is 65.4 Å². The van der Waals surface area contributed by atoms with Crippen LogP contribution in [0.2, 0.25) is 0 Å². The SMILES string of the molecule is C#C.C/C=C\c1c(CC)ccnc1NCC1(c2ccccc2)CCCCC1.CNCN.N#CN. The van der Waals surface area contributed by atoms with Gasteiger partial charge in [-0.2, -0.15) is 5.26 Å². The Bertz CT molecular complexity index is 859. The molecule has 1 aromatic heterocycles. The zero-order chi connectivity index (χ0) is 25.7. The molecule has 1 heterocycles. The van der Waals surface area contributed by atoms with Gasteiger partial charge in [-0.3, -0.25) is 0 Å². The Morgan fingerprint density at radius 3 is 2.24 bits per heavy atom. The van der Waals surface area contributed by atoms with E-state index in [1.807, 2.05) is 6.20 Å². The van der Waals surface area contributed by atoms with Gasteiger partial charge in [0.1, 0.15) is 5.82 Å². The van der Waals surface area contributed by atoms with Crippen LogP contribution in [0.4, 0.5) is 5.82 Å². The molecule has 1 saturated carbocycles. The van der Waals surface area contributed by atoms with Crippen LogP contribution in [0.15, 0.2) is 48.7 Å². The summed E-state index contributed by atoms with van der Waals surface area (Å²) in [5.41, 5.74) is 13.4. The van der Waals surface area contributed by atoms with Crippen molar-refractivity contribution in [2.75, 3.05) is 25.6 Å². The Kier molecular flexibility index (Phi) is 17.3. The van der Waals surface area contributed by atoms with Gasteiger partial charge in [0.05, 0.1) is 0 Å². The van der Waals surface area contributed by atoms with Crippen molar-refractivity contribution >= 4 is 11.9 Å². The van der Waals surface area contributed by atoms with Crippen molar-refractivity contribution in [1.82, 2.24) is 10.3 Å². The van der Waals surface area contributed by atoms with E-state index in [-0.39, 0.29) is 5.41 Å². The van der Waals surface area contributed by atoms with E-state index in [0.29, 0.717) is 6.67 Å². The highest BCUT2D eigenvalue weighted by atomic mass is 15.0. The van der Waals surface area contributed by atoms with Crippen molar-refractivity contribution in [1.29, 1.82) is 5.26 Å². The number of allylic oxidation sites excluding steroid dienone is 1. The highest BCUT2D eigenvalue weighted by Crippen LogP contribution is 2.39. The molecule has 3 rings (SSSR count). The fourth-order valence-electron chi connectivity index (χ4n) is 4.16. The summed E-state index contributed by atoms with van der Waals surface area (Å²) in [7, 11) is 1.81. The minimum atomic E-state index is 0.233. The summed E-state index contributed by atoms with van der Waals surface area (Å²) >= 11 is 0. The number of hydrogen-bond donors (Lipinski definition) is 4. The number of rotatable bonds is 7. The monoisotopic (exact) mass is 462 g/mol. The normalized spacial score (nSPS) is 13.6. The summed E-state index contributed by atoms with van der Waals surface area (Å²) in [6, 6.07) is 13.2. The van der Waals surface area contributed by atoms with Crippen LogP contribution >= 0.6 is 0 Å². The number of aromatic nitrogens is 1. The van der Waals surface area contributed by atoms with Crippen molar-refractivity contribution in [2.45, 2.75) is 57.8 Å². The topological polar surface area (TPSA) is 113 Å². The van der Waals surface area contributed by atoms with Gasteiger partial charge in [0.2, 0.25) is 0 Å². The second-order valence-corrected chi connectivity index (χ2v) is 7.83. The maximum absolute atomic E-state index is 7.10. The molecule has 1 aliphatic carbocycles. The number of hydrogen-bond acceptors (Lipinski definition) is 6. The highest BCUT2D eigenvalue weighted by molar-refractivity contribution is 5.66. The first-order chi connectivity index (χ1) is 16.6. The van der Waals surface area contributed by atoms with Gasteiger partial charge >= 0.3 is 0 Å². The van der Waals surface area contributed by atoms with Crippen molar-refractivity contribution in [3.63, 3.8) is 0 Å². The number of nitrogens with one attached hydrogen (secondary N) is 2. The Hall–Kier alpha value is -3.32. The van der Waals surface area contributed by atoms with Gasteiger partial charge in [-0.15, -0.1) is 12.8 Å². The lowest BCUT2D eigenvalue weighted by Gasteiger charge is -2.38. The Labute approximate surface area is 206 Å². The van der Waals surface area contributed by atoms with Crippen molar-refractivity contribution in [2.24, 2.45) is 11.5 Å². The Morgan fingerprint density at radius 1 is 1.15 bits per heavy atom. The first kappa shape index (κ1) is 30.7. The van der Waals surface area contributed by atoms with Gasteiger partial charge in [-0.05, 0) is 50.4 Å². The van der Waals surface area contributed by atoms with E-state index < -0.39 is 0 Å². The Morgan fingerprint density at radius 2 is 1.74 bits per heavy atom. The summed E-state index contributed by atoms with van der Waals surface area (Å²) in [5, 5.41) is 13.5. The standard InChI is InChI=1S/C23H30N2.C2H8N2.C2H2.CH2N2/c1-3-11-21-19(4-2)14-17-24-22(21)25-18-23(15-9-6-10-16-23)20-12-7-5-8-13-20;1-4-2-3;1-2;2-1-3/h3,5,7-8,11-14,17H,4,6,9-10,15-16,18H2,1-2H3,(H,24,25);4H,2-3H2,1H3;1-2H;2H2/b11-3-;;;. The molecule has 0 spiro atoms. The molecule has 0 unspecified atom stereocenters. The van der Waals surface area contributed by atoms with Crippen molar-refractivity contribution < 1.29 is 0 Å². The van der Waals surface area contributed by atoms with Crippen LogP contribution in [0.3, 0.4) is 0 Å². The number of nitrogens with zero attached hydrogens (tertiary/aromatic N) is 2. The van der Waals surface area contributed by atoms with Crippen LogP contribution in [0.5, 0.6) is 0 Å². The van der Waals surface area contributed by atoms with Crippen molar-refractivity contribution in [3.8, 4) is 19.0 Å². The van der Waals surface area contributed by atoms with Gasteiger partial charge in [0.25, 0.3) is 0 Å². The highest BCUT2D eigenvalue weighted by Gasteiger charge is 2.33. The summed E-state index contributed by atoms with van der Waals surface area (Å²) in [4.78, 5) is 4.65. The minimum Gasteiger partial charge on any atom is -0.369 e. The number of aryl methyl sites for hydroxylation is 1. The molecule has 0 saturated heterocycles. The van der Waals surface area contributed by atoms with Crippen LogP contribution < -0.4 is 22.1 Å². The summed E-state index contributed by atoms with van der Waals surface area (Å²) in [5.74, 6) is 1.03. The molecule has 1 aromatic carbocycles. The fraction of sp³-hybridized carbons (Fsp3) is 0.429. The van der Waals surface area contributed by atoms with Gasteiger partial charge in [0, 0.05) is 30.4 Å². The molecule has 0 amide bonds. The molecule has 34 heavy (non-hydrogen) atoms. The first-order valence-electron chi connectivity index (χ1n) is 11.8. The summed E-state index contributed by atoms with van der Waals surface area (Å²) in [6.45, 7) is 5.81. The van der Waals surface area contributed by atoms with Crippen LogP contribution in [0.25, 0.3) is 6.08 Å². The fourth-order valence-corrected chi connectivity index (χ4v) is 4.16. The lowest BCUT2D eigenvalue weighted by Crippen LogP contribution is -2.36. The largest absolute Gasteiger partial charge is 0.369 e. The molecule has 1 aliphatic rings. The molecule has 1 fully saturated rings. The van der Waals surface area contributed by atoms with E-state index >= 15 is 0 Å².